The molecule has 0 unspecified atom stereocenters. The molecule has 1 N–H and O–H groups in total. The Morgan fingerprint density at radius 2 is 2.08 bits per heavy atom. The van der Waals surface area contributed by atoms with E-state index in [4.69, 9.17) is 0 Å². The van der Waals surface area contributed by atoms with Crippen LogP contribution in [0.25, 0.3) is 0 Å². The van der Waals surface area contributed by atoms with Crippen LogP contribution in [0.3, 0.4) is 0 Å². The lowest BCUT2D eigenvalue weighted by Crippen LogP contribution is -2.40. The van der Waals surface area contributed by atoms with Gasteiger partial charge in [0.05, 0.1) is 5.56 Å². The molecule has 0 saturated carbocycles. The molecule has 126 valence electrons. The van der Waals surface area contributed by atoms with Gasteiger partial charge in [-0.25, -0.2) is 9.37 Å². The fourth-order valence-corrected chi connectivity index (χ4v) is 3.05. The van der Waals surface area contributed by atoms with Crippen molar-refractivity contribution in [2.45, 2.75) is 32.6 Å². The number of H-pyrrole nitrogens is 1. The Bertz CT molecular complexity index is 831. The maximum atomic E-state index is 13.9. The second-order valence-electron chi connectivity index (χ2n) is 6.23. The number of halogens is 1. The molecule has 1 aliphatic heterocycles. The van der Waals surface area contributed by atoms with Crippen LogP contribution in [-0.2, 0) is 0 Å². The number of hydrogen-bond donors (Lipinski definition) is 1. The first-order valence-electron chi connectivity index (χ1n) is 8.08. The highest BCUT2D eigenvalue weighted by Crippen LogP contribution is 2.25. The summed E-state index contributed by atoms with van der Waals surface area (Å²) >= 11 is 0. The Labute approximate surface area is 139 Å². The number of rotatable bonds is 2. The number of nitrogens with zero attached hydrogens (tertiary/aromatic N) is 2. The zero-order valence-electron chi connectivity index (χ0n) is 13.8. The van der Waals surface area contributed by atoms with E-state index in [9.17, 15) is 14.0 Å². The zero-order chi connectivity index (χ0) is 17.3. The third-order valence-corrected chi connectivity index (χ3v) is 4.61. The third-order valence-electron chi connectivity index (χ3n) is 4.61. The summed E-state index contributed by atoms with van der Waals surface area (Å²) in [6.45, 7) is 4.55. The first-order chi connectivity index (χ1) is 11.5. The number of amides is 1. The van der Waals surface area contributed by atoms with Crippen molar-refractivity contribution >= 4 is 5.91 Å². The lowest BCUT2D eigenvalue weighted by atomic mass is 9.96. The quantitative estimate of drug-likeness (QED) is 0.921. The van der Waals surface area contributed by atoms with Crippen molar-refractivity contribution in [3.63, 3.8) is 0 Å². The monoisotopic (exact) mass is 329 g/mol. The molecule has 1 aromatic heterocycles. The number of aryl methyl sites for hydroxylation is 1. The molecule has 0 radical (unpaired) electrons. The smallest absolute Gasteiger partial charge is 0.256 e. The maximum Gasteiger partial charge on any atom is 0.256 e. The van der Waals surface area contributed by atoms with Gasteiger partial charge in [0.15, 0.2) is 0 Å². The average molecular weight is 329 g/mol. The van der Waals surface area contributed by atoms with Crippen LogP contribution in [0.5, 0.6) is 0 Å². The molecule has 1 aliphatic rings. The fraction of sp³-hybridized carbons (Fsp3) is 0.389. The molecule has 1 atom stereocenters. The largest absolute Gasteiger partial charge is 0.338 e. The molecule has 24 heavy (non-hydrogen) atoms. The van der Waals surface area contributed by atoms with Crippen LogP contribution >= 0.6 is 0 Å². The average Bonchev–Trinajstić information content (AvgIpc) is 2.59. The molecule has 1 aromatic carbocycles. The number of carbonyl (C=O) groups excluding carboxylic acids is 1. The van der Waals surface area contributed by atoms with Gasteiger partial charge >= 0.3 is 0 Å². The number of aromatic nitrogens is 2. The fourth-order valence-electron chi connectivity index (χ4n) is 3.05. The normalized spacial score (nSPS) is 17.8. The van der Waals surface area contributed by atoms with Crippen LogP contribution in [-0.4, -0.2) is 33.9 Å². The molecule has 2 aromatic rings. The first kappa shape index (κ1) is 16.4. The van der Waals surface area contributed by atoms with Gasteiger partial charge in [0, 0.05) is 30.3 Å². The summed E-state index contributed by atoms with van der Waals surface area (Å²) in [5, 5.41) is 0. The number of aromatic amines is 1. The van der Waals surface area contributed by atoms with Crippen LogP contribution in [0.4, 0.5) is 4.39 Å². The third kappa shape index (κ3) is 3.09. The van der Waals surface area contributed by atoms with Crippen molar-refractivity contribution < 1.29 is 9.18 Å². The standard InChI is InChI=1S/C18H20FN3O2/c1-11-12(2)20-16(21-17(11)23)13-6-5-9-22(10-13)18(24)14-7-3-4-8-15(14)19/h3-4,7-8,13H,5-6,9-10H2,1-2H3,(H,20,21,23)/t13-/m0/s1. The molecule has 0 aliphatic carbocycles. The first-order valence-corrected chi connectivity index (χ1v) is 8.08. The van der Waals surface area contributed by atoms with E-state index in [1.54, 1.807) is 30.9 Å². The highest BCUT2D eigenvalue weighted by atomic mass is 19.1. The predicted octanol–water partition coefficient (Wildman–Crippen LogP) is 2.55. The number of nitrogens with one attached hydrogen (secondary N) is 1. The number of piperidine rings is 1. The number of benzene rings is 1. The van der Waals surface area contributed by atoms with Gasteiger partial charge < -0.3 is 9.88 Å². The summed E-state index contributed by atoms with van der Waals surface area (Å²) in [4.78, 5) is 33.5. The number of likely N-dealkylation sites (tertiary alicyclic amines) is 1. The molecule has 1 fully saturated rings. The van der Waals surface area contributed by atoms with Gasteiger partial charge in [-0.05, 0) is 38.8 Å². The van der Waals surface area contributed by atoms with Crippen molar-refractivity contribution in [1.82, 2.24) is 14.9 Å². The van der Waals surface area contributed by atoms with Crippen molar-refractivity contribution in [1.29, 1.82) is 0 Å². The van der Waals surface area contributed by atoms with Crippen LogP contribution in [0.1, 0.15) is 46.2 Å². The van der Waals surface area contributed by atoms with Crippen molar-refractivity contribution in [2.75, 3.05) is 13.1 Å². The maximum absolute atomic E-state index is 13.9. The van der Waals surface area contributed by atoms with E-state index in [1.165, 1.54) is 12.1 Å². The molecular formula is C18H20FN3O2. The Morgan fingerprint density at radius 1 is 1.33 bits per heavy atom. The molecule has 1 saturated heterocycles. The Morgan fingerprint density at radius 3 is 2.79 bits per heavy atom. The van der Waals surface area contributed by atoms with Gasteiger partial charge in [0.25, 0.3) is 11.5 Å². The number of hydrogen-bond acceptors (Lipinski definition) is 3. The summed E-state index contributed by atoms with van der Waals surface area (Å²) in [5.41, 5.74) is 1.25. The van der Waals surface area contributed by atoms with Gasteiger partial charge in [-0.1, -0.05) is 12.1 Å². The topological polar surface area (TPSA) is 66.1 Å². The van der Waals surface area contributed by atoms with Crippen LogP contribution < -0.4 is 5.56 Å². The Kier molecular flexibility index (Phi) is 4.46. The van der Waals surface area contributed by atoms with Gasteiger partial charge in [-0.15, -0.1) is 0 Å². The summed E-state index contributed by atoms with van der Waals surface area (Å²) in [6, 6.07) is 6.00. The molecule has 6 heteroatoms. The van der Waals surface area contributed by atoms with Gasteiger partial charge in [-0.2, -0.15) is 0 Å². The molecule has 0 spiro atoms. The van der Waals surface area contributed by atoms with Crippen LogP contribution in [0, 0.1) is 19.7 Å². The highest BCUT2D eigenvalue weighted by Gasteiger charge is 2.28. The second-order valence-corrected chi connectivity index (χ2v) is 6.23. The van der Waals surface area contributed by atoms with E-state index in [1.807, 2.05) is 0 Å². The van der Waals surface area contributed by atoms with E-state index in [0.717, 1.165) is 12.8 Å². The van der Waals surface area contributed by atoms with E-state index in [-0.39, 0.29) is 22.9 Å². The highest BCUT2D eigenvalue weighted by molar-refractivity contribution is 5.94. The van der Waals surface area contributed by atoms with E-state index >= 15 is 0 Å². The minimum atomic E-state index is -0.512. The molecule has 5 nitrogen and oxygen atoms in total. The minimum Gasteiger partial charge on any atom is -0.338 e. The molecule has 3 rings (SSSR count). The van der Waals surface area contributed by atoms with Gasteiger partial charge in [0.2, 0.25) is 0 Å². The van der Waals surface area contributed by atoms with Gasteiger partial charge in [-0.3, -0.25) is 9.59 Å². The molecule has 1 amide bonds. The molecule has 0 bridgehead atoms. The predicted molar refractivity (Wildman–Crippen MR) is 88.6 cm³/mol. The molecular weight excluding hydrogens is 309 g/mol. The lowest BCUT2D eigenvalue weighted by molar-refractivity contribution is 0.0699. The van der Waals surface area contributed by atoms with Gasteiger partial charge in [0.1, 0.15) is 11.6 Å². The summed E-state index contributed by atoms with van der Waals surface area (Å²) in [7, 11) is 0. The van der Waals surface area contributed by atoms with E-state index in [2.05, 4.69) is 9.97 Å². The van der Waals surface area contributed by atoms with Crippen molar-refractivity contribution in [3.05, 3.63) is 63.1 Å². The second kappa shape index (κ2) is 6.55. The molecule has 2 heterocycles. The zero-order valence-corrected chi connectivity index (χ0v) is 13.8. The van der Waals surface area contributed by atoms with E-state index < -0.39 is 5.82 Å². The Balaban J connectivity index is 1.83. The van der Waals surface area contributed by atoms with Crippen LogP contribution in [0.15, 0.2) is 29.1 Å². The summed E-state index contributed by atoms with van der Waals surface area (Å²) in [5.74, 6) is -0.262. The SMILES string of the molecule is Cc1nc([C@H]2CCCN(C(=O)c3ccccc3F)C2)[nH]c(=O)c1C. The van der Waals surface area contributed by atoms with E-state index in [0.29, 0.717) is 30.2 Å². The van der Waals surface area contributed by atoms with Crippen molar-refractivity contribution in [3.8, 4) is 0 Å². The Hall–Kier alpha value is -2.50. The van der Waals surface area contributed by atoms with Crippen LogP contribution in [0.2, 0.25) is 0 Å². The number of carbonyl (C=O) groups is 1. The summed E-state index contributed by atoms with van der Waals surface area (Å²) < 4.78 is 13.9. The lowest BCUT2D eigenvalue weighted by Gasteiger charge is -2.32. The van der Waals surface area contributed by atoms with Crippen molar-refractivity contribution in [2.24, 2.45) is 0 Å². The summed E-state index contributed by atoms with van der Waals surface area (Å²) in [6.07, 6.45) is 1.63. The minimum absolute atomic E-state index is 0.0403.